The van der Waals surface area contributed by atoms with E-state index in [-0.39, 0.29) is 0 Å². The van der Waals surface area contributed by atoms with Gasteiger partial charge in [-0.1, -0.05) is 13.0 Å². The Morgan fingerprint density at radius 2 is 1.75 bits per heavy atom. The van der Waals surface area contributed by atoms with Crippen molar-refractivity contribution in [1.82, 2.24) is 4.90 Å². The van der Waals surface area contributed by atoms with Crippen molar-refractivity contribution in [2.24, 2.45) is 0 Å². The molecule has 0 atom stereocenters. The van der Waals surface area contributed by atoms with Crippen molar-refractivity contribution < 1.29 is 9.90 Å². The van der Waals surface area contributed by atoms with Crippen molar-refractivity contribution in [3.8, 4) is 0 Å². The second-order valence-electron chi connectivity index (χ2n) is 4.60. The Morgan fingerprint density at radius 1 is 1.25 bits per heavy atom. The number of rotatable bonds is 7. The Morgan fingerprint density at radius 3 is 2.06 bits per heavy atom. The van der Waals surface area contributed by atoms with E-state index in [0.717, 1.165) is 13.0 Å². The molecule has 1 N–H and O–H groups in total. The van der Waals surface area contributed by atoms with Crippen LogP contribution in [0.1, 0.15) is 47.5 Å². The summed E-state index contributed by atoms with van der Waals surface area (Å²) in [6, 6.07) is 1.01. The molecule has 3 nitrogen and oxygen atoms in total. The number of hydrogen-bond acceptors (Lipinski definition) is 2. The van der Waals surface area contributed by atoms with Crippen molar-refractivity contribution in [3.05, 3.63) is 11.6 Å². The molecule has 0 bridgehead atoms. The van der Waals surface area contributed by atoms with Crippen LogP contribution >= 0.6 is 0 Å². The van der Waals surface area contributed by atoms with Gasteiger partial charge in [0, 0.05) is 24.2 Å². The first-order valence-electron chi connectivity index (χ1n) is 6.08. The normalized spacial score (nSPS) is 12.9. The SMILES string of the molecule is CCC(=CCCN(C(C)C)C(C)C)C(=O)O. The molecule has 94 valence electrons. The molecule has 0 aliphatic heterocycles. The molecule has 0 rings (SSSR count). The van der Waals surface area contributed by atoms with E-state index in [0.29, 0.717) is 24.1 Å². The first-order valence-corrected chi connectivity index (χ1v) is 6.08. The van der Waals surface area contributed by atoms with Crippen molar-refractivity contribution in [2.75, 3.05) is 6.54 Å². The van der Waals surface area contributed by atoms with Gasteiger partial charge < -0.3 is 5.11 Å². The highest BCUT2D eigenvalue weighted by atomic mass is 16.4. The van der Waals surface area contributed by atoms with Gasteiger partial charge in [-0.3, -0.25) is 4.90 Å². The summed E-state index contributed by atoms with van der Waals surface area (Å²) in [5, 5.41) is 8.87. The van der Waals surface area contributed by atoms with Gasteiger partial charge in [0.05, 0.1) is 0 Å². The predicted molar refractivity (Wildman–Crippen MR) is 67.6 cm³/mol. The van der Waals surface area contributed by atoms with E-state index in [1.54, 1.807) is 0 Å². The minimum Gasteiger partial charge on any atom is -0.478 e. The van der Waals surface area contributed by atoms with Crippen molar-refractivity contribution in [3.63, 3.8) is 0 Å². The van der Waals surface area contributed by atoms with E-state index < -0.39 is 5.97 Å². The van der Waals surface area contributed by atoms with E-state index in [2.05, 4.69) is 32.6 Å². The molecule has 3 heteroatoms. The fourth-order valence-electron chi connectivity index (χ4n) is 1.88. The zero-order valence-electron chi connectivity index (χ0n) is 11.2. The third kappa shape index (κ3) is 5.31. The molecular weight excluding hydrogens is 202 g/mol. The molecule has 0 aliphatic rings. The molecule has 0 aromatic heterocycles. The Hall–Kier alpha value is -0.830. The summed E-state index contributed by atoms with van der Waals surface area (Å²) in [7, 11) is 0. The number of carboxylic acids is 1. The zero-order chi connectivity index (χ0) is 12.7. The second-order valence-corrected chi connectivity index (χ2v) is 4.60. The summed E-state index contributed by atoms with van der Waals surface area (Å²) >= 11 is 0. The molecule has 0 saturated heterocycles. The summed E-state index contributed by atoms with van der Waals surface area (Å²) in [5.41, 5.74) is 0.521. The van der Waals surface area contributed by atoms with Crippen molar-refractivity contribution in [1.29, 1.82) is 0 Å². The summed E-state index contributed by atoms with van der Waals surface area (Å²) in [6.45, 7) is 11.5. The lowest BCUT2D eigenvalue weighted by Crippen LogP contribution is -2.37. The first-order chi connectivity index (χ1) is 7.40. The van der Waals surface area contributed by atoms with E-state index in [1.807, 2.05) is 13.0 Å². The van der Waals surface area contributed by atoms with Crippen LogP contribution in [0.15, 0.2) is 11.6 Å². The van der Waals surface area contributed by atoms with Gasteiger partial charge in [-0.15, -0.1) is 0 Å². The standard InChI is InChI=1S/C13H25NO2/c1-6-12(13(15)16)8-7-9-14(10(2)3)11(4)5/h8,10-11H,6-7,9H2,1-5H3,(H,15,16). The Labute approximate surface area is 99.1 Å². The van der Waals surface area contributed by atoms with Crippen LogP contribution in [0.2, 0.25) is 0 Å². The van der Waals surface area contributed by atoms with Gasteiger partial charge in [0.25, 0.3) is 0 Å². The lowest BCUT2D eigenvalue weighted by Gasteiger charge is -2.30. The second kappa shape index (κ2) is 7.44. The number of nitrogens with zero attached hydrogens (tertiary/aromatic N) is 1. The summed E-state index contributed by atoms with van der Waals surface area (Å²) < 4.78 is 0. The molecule has 0 radical (unpaired) electrons. The molecule has 0 heterocycles. The smallest absolute Gasteiger partial charge is 0.331 e. The van der Waals surface area contributed by atoms with Gasteiger partial charge in [-0.2, -0.15) is 0 Å². The van der Waals surface area contributed by atoms with Crippen LogP contribution in [0.5, 0.6) is 0 Å². The van der Waals surface area contributed by atoms with Crippen LogP contribution in [0.4, 0.5) is 0 Å². The van der Waals surface area contributed by atoms with E-state index in [4.69, 9.17) is 5.11 Å². The first kappa shape index (κ1) is 15.2. The van der Waals surface area contributed by atoms with Crippen LogP contribution in [0.25, 0.3) is 0 Å². The lowest BCUT2D eigenvalue weighted by molar-refractivity contribution is -0.132. The minimum atomic E-state index is -0.789. The third-order valence-corrected chi connectivity index (χ3v) is 2.76. The van der Waals surface area contributed by atoms with Crippen molar-refractivity contribution >= 4 is 5.97 Å². The molecule has 0 unspecified atom stereocenters. The van der Waals surface area contributed by atoms with Gasteiger partial charge in [-0.25, -0.2) is 4.79 Å². The fraction of sp³-hybridized carbons (Fsp3) is 0.769. The van der Waals surface area contributed by atoms with Crippen LogP contribution in [0, 0.1) is 0 Å². The summed E-state index contributed by atoms with van der Waals surface area (Å²) in [4.78, 5) is 13.2. The van der Waals surface area contributed by atoms with Gasteiger partial charge in [0.1, 0.15) is 0 Å². The third-order valence-electron chi connectivity index (χ3n) is 2.76. The molecule has 0 aliphatic carbocycles. The maximum atomic E-state index is 10.8. The molecule has 0 aromatic carbocycles. The van der Waals surface area contributed by atoms with Crippen molar-refractivity contribution in [2.45, 2.75) is 59.5 Å². The van der Waals surface area contributed by atoms with E-state index in [1.165, 1.54) is 0 Å². The average Bonchev–Trinajstić information content (AvgIpc) is 2.15. The molecule has 0 spiro atoms. The molecule has 0 amide bonds. The molecule has 0 fully saturated rings. The predicted octanol–water partition coefficient (Wildman–Crippen LogP) is 2.92. The fourth-order valence-corrected chi connectivity index (χ4v) is 1.88. The highest BCUT2D eigenvalue weighted by molar-refractivity contribution is 5.86. The molecule has 16 heavy (non-hydrogen) atoms. The van der Waals surface area contributed by atoms with Gasteiger partial charge in [0.2, 0.25) is 0 Å². The average molecular weight is 227 g/mol. The number of carbonyl (C=O) groups is 1. The number of aliphatic carboxylic acids is 1. The summed E-state index contributed by atoms with van der Waals surface area (Å²) in [5.74, 6) is -0.789. The molecule has 0 aromatic rings. The number of carboxylic acid groups (broad SMARTS) is 1. The number of hydrogen-bond donors (Lipinski definition) is 1. The van der Waals surface area contributed by atoms with Crippen LogP contribution < -0.4 is 0 Å². The van der Waals surface area contributed by atoms with Crippen LogP contribution in [-0.2, 0) is 4.79 Å². The maximum absolute atomic E-state index is 10.8. The van der Waals surface area contributed by atoms with E-state index in [9.17, 15) is 4.79 Å². The lowest BCUT2D eigenvalue weighted by atomic mass is 10.1. The monoisotopic (exact) mass is 227 g/mol. The largest absolute Gasteiger partial charge is 0.478 e. The quantitative estimate of drug-likeness (QED) is 0.680. The van der Waals surface area contributed by atoms with E-state index >= 15 is 0 Å². The van der Waals surface area contributed by atoms with Gasteiger partial charge >= 0.3 is 5.97 Å². The van der Waals surface area contributed by atoms with Crippen LogP contribution in [0.3, 0.4) is 0 Å². The molecule has 0 saturated carbocycles. The Balaban J connectivity index is 4.26. The van der Waals surface area contributed by atoms with Crippen LogP contribution in [-0.4, -0.2) is 34.6 Å². The van der Waals surface area contributed by atoms with Gasteiger partial charge in [-0.05, 0) is 40.5 Å². The highest BCUT2D eigenvalue weighted by Gasteiger charge is 2.12. The maximum Gasteiger partial charge on any atom is 0.331 e. The minimum absolute atomic E-state index is 0.503. The van der Waals surface area contributed by atoms with Gasteiger partial charge in [0.15, 0.2) is 0 Å². The highest BCUT2D eigenvalue weighted by Crippen LogP contribution is 2.08. The summed E-state index contributed by atoms with van der Waals surface area (Å²) in [6.07, 6.45) is 3.25. The topological polar surface area (TPSA) is 40.5 Å². The Bertz CT molecular complexity index is 236. The Kier molecular flexibility index (Phi) is 7.06. The zero-order valence-corrected chi connectivity index (χ0v) is 11.2. The molecular formula is C13H25NO2.